The van der Waals surface area contributed by atoms with Crippen LogP contribution in [0.25, 0.3) is 0 Å². The van der Waals surface area contributed by atoms with Crippen molar-refractivity contribution in [3.05, 3.63) is 56.1 Å². The smallest absolute Gasteiger partial charge is 0.277 e. The number of aliphatic hydroxyl groups is 1. The number of benzene rings is 2. The third-order valence-electron chi connectivity index (χ3n) is 3.69. The molecule has 2 aromatic carbocycles. The Hall–Kier alpha value is -1.49. The predicted molar refractivity (Wildman–Crippen MR) is 108 cm³/mol. The first-order valence-corrected chi connectivity index (χ1v) is 9.58. The summed E-state index contributed by atoms with van der Waals surface area (Å²) in [7, 11) is 0. The van der Waals surface area contributed by atoms with Crippen LogP contribution in [0.1, 0.15) is 30.1 Å². The van der Waals surface area contributed by atoms with Gasteiger partial charge in [0.25, 0.3) is 5.91 Å². The Balaban J connectivity index is 2.17. The fraction of sp³-hybridized carbons (Fsp3) is 0.278. The first-order valence-electron chi connectivity index (χ1n) is 8.13. The maximum absolute atomic E-state index is 14.1. The van der Waals surface area contributed by atoms with Gasteiger partial charge in [0, 0.05) is 3.57 Å². The van der Waals surface area contributed by atoms with Crippen LogP contribution in [-0.4, -0.2) is 23.7 Å². The Morgan fingerprint density at radius 1 is 1.26 bits per heavy atom. The summed E-state index contributed by atoms with van der Waals surface area (Å²) in [4.78, 5) is 17.4. The molecule has 1 atom stereocenters. The number of hydroxylamine groups is 1. The summed E-state index contributed by atoms with van der Waals surface area (Å²) in [5.74, 6) is -1.99. The first-order chi connectivity index (χ1) is 12.8. The number of carbonyl (C=O) groups is 1. The fourth-order valence-electron chi connectivity index (χ4n) is 2.14. The Morgan fingerprint density at radius 2 is 2.00 bits per heavy atom. The minimum atomic E-state index is -0.756. The van der Waals surface area contributed by atoms with Crippen molar-refractivity contribution in [2.45, 2.75) is 25.9 Å². The van der Waals surface area contributed by atoms with Crippen molar-refractivity contribution in [3.8, 4) is 0 Å². The molecule has 0 aliphatic carbocycles. The summed E-state index contributed by atoms with van der Waals surface area (Å²) < 4.78 is 28.6. The molecular formula is C18H18ClF2IN2O3. The molecule has 2 rings (SSSR count). The van der Waals surface area contributed by atoms with E-state index in [4.69, 9.17) is 16.4 Å². The van der Waals surface area contributed by atoms with Crippen LogP contribution in [0.5, 0.6) is 0 Å². The summed E-state index contributed by atoms with van der Waals surface area (Å²) in [5.41, 5.74) is 2.31. The highest BCUT2D eigenvalue weighted by atomic mass is 127. The molecule has 5 nitrogen and oxygen atoms in total. The SMILES string of the molecule is CCC(O)CCONC(=O)c1cc(Cl)c(F)cc1Nc1ccc(I)cc1F. The molecule has 0 saturated heterocycles. The van der Waals surface area contributed by atoms with E-state index in [0.717, 1.165) is 12.1 Å². The molecular weight excluding hydrogens is 493 g/mol. The van der Waals surface area contributed by atoms with Crippen LogP contribution in [0.2, 0.25) is 5.02 Å². The summed E-state index contributed by atoms with van der Waals surface area (Å²) in [5, 5.41) is 11.9. The van der Waals surface area contributed by atoms with Gasteiger partial charge in [-0.05, 0) is 65.8 Å². The van der Waals surface area contributed by atoms with Crippen LogP contribution >= 0.6 is 34.2 Å². The zero-order chi connectivity index (χ0) is 20.0. The van der Waals surface area contributed by atoms with Gasteiger partial charge in [-0.15, -0.1) is 0 Å². The Kier molecular flexibility index (Phi) is 8.21. The van der Waals surface area contributed by atoms with Crippen molar-refractivity contribution in [3.63, 3.8) is 0 Å². The molecule has 0 aromatic heterocycles. The van der Waals surface area contributed by atoms with Crippen LogP contribution in [0, 0.1) is 15.2 Å². The molecule has 2 aromatic rings. The first kappa shape index (κ1) is 21.8. The van der Waals surface area contributed by atoms with E-state index in [1.165, 1.54) is 12.1 Å². The van der Waals surface area contributed by atoms with E-state index in [2.05, 4.69) is 10.8 Å². The number of carbonyl (C=O) groups excluding carboxylic acids is 1. The van der Waals surface area contributed by atoms with E-state index in [0.29, 0.717) is 16.4 Å². The molecule has 146 valence electrons. The fourth-order valence-corrected chi connectivity index (χ4v) is 2.76. The standard InChI is InChI=1S/C18H18ClF2IN2O3/c1-2-11(25)5-6-27-24-18(26)12-8-13(19)14(20)9-17(12)23-16-4-3-10(22)7-15(16)21/h3-4,7-9,11,23,25H,2,5-6H2,1H3,(H,24,26). The third-order valence-corrected chi connectivity index (χ3v) is 4.66. The van der Waals surface area contributed by atoms with Gasteiger partial charge in [0.2, 0.25) is 0 Å². The van der Waals surface area contributed by atoms with Crippen molar-refractivity contribution in [1.29, 1.82) is 0 Å². The highest BCUT2D eigenvalue weighted by Crippen LogP contribution is 2.28. The second kappa shape index (κ2) is 10.2. The normalized spacial score (nSPS) is 11.9. The predicted octanol–water partition coefficient (Wildman–Crippen LogP) is 4.79. The molecule has 0 aliphatic heterocycles. The molecule has 3 N–H and O–H groups in total. The number of aliphatic hydroxyl groups excluding tert-OH is 1. The zero-order valence-corrected chi connectivity index (χ0v) is 17.3. The Bertz CT molecular complexity index is 823. The monoisotopic (exact) mass is 510 g/mol. The lowest BCUT2D eigenvalue weighted by Crippen LogP contribution is -2.26. The highest BCUT2D eigenvalue weighted by Gasteiger charge is 2.17. The molecule has 1 amide bonds. The van der Waals surface area contributed by atoms with Crippen LogP contribution in [0.3, 0.4) is 0 Å². The maximum atomic E-state index is 14.1. The number of hydrogen-bond acceptors (Lipinski definition) is 4. The lowest BCUT2D eigenvalue weighted by molar-refractivity contribution is 0.0161. The van der Waals surface area contributed by atoms with Crippen LogP contribution < -0.4 is 10.8 Å². The van der Waals surface area contributed by atoms with Crippen LogP contribution in [0.15, 0.2) is 30.3 Å². The van der Waals surface area contributed by atoms with Crippen molar-refractivity contribution in [2.24, 2.45) is 0 Å². The number of hydrogen-bond donors (Lipinski definition) is 3. The topological polar surface area (TPSA) is 70.6 Å². The second-order valence-electron chi connectivity index (χ2n) is 5.69. The molecule has 0 fully saturated rings. The average Bonchev–Trinajstić information content (AvgIpc) is 2.63. The van der Waals surface area contributed by atoms with E-state index in [1.54, 1.807) is 6.07 Å². The Morgan fingerprint density at radius 3 is 2.67 bits per heavy atom. The number of halogens is 4. The van der Waals surface area contributed by atoms with Crippen molar-refractivity contribution < 1.29 is 23.5 Å². The zero-order valence-electron chi connectivity index (χ0n) is 14.4. The third kappa shape index (κ3) is 6.27. The number of amides is 1. The van der Waals surface area contributed by atoms with Gasteiger partial charge in [0.1, 0.15) is 11.6 Å². The summed E-state index contributed by atoms with van der Waals surface area (Å²) in [6.07, 6.45) is 0.392. The van der Waals surface area contributed by atoms with Crippen LogP contribution in [-0.2, 0) is 4.84 Å². The summed E-state index contributed by atoms with van der Waals surface area (Å²) in [6.45, 7) is 1.93. The molecule has 0 saturated carbocycles. The quantitative estimate of drug-likeness (QED) is 0.271. The van der Waals surface area contributed by atoms with Crippen molar-refractivity contribution in [2.75, 3.05) is 11.9 Å². The van der Waals surface area contributed by atoms with Gasteiger partial charge in [-0.3, -0.25) is 9.63 Å². The molecule has 0 bridgehead atoms. The minimum absolute atomic E-state index is 0.0182. The minimum Gasteiger partial charge on any atom is -0.393 e. The summed E-state index contributed by atoms with van der Waals surface area (Å²) in [6, 6.07) is 6.59. The van der Waals surface area contributed by atoms with Gasteiger partial charge >= 0.3 is 0 Å². The van der Waals surface area contributed by atoms with Crippen LogP contribution in [0.4, 0.5) is 20.2 Å². The molecule has 0 aliphatic rings. The lowest BCUT2D eigenvalue weighted by atomic mass is 10.1. The second-order valence-corrected chi connectivity index (χ2v) is 7.34. The lowest BCUT2D eigenvalue weighted by Gasteiger charge is -2.14. The van der Waals surface area contributed by atoms with E-state index in [-0.39, 0.29) is 28.6 Å². The molecule has 27 heavy (non-hydrogen) atoms. The molecule has 1 unspecified atom stereocenters. The number of nitrogens with one attached hydrogen (secondary N) is 2. The number of rotatable bonds is 8. The molecule has 0 heterocycles. The van der Waals surface area contributed by atoms with E-state index < -0.39 is 23.6 Å². The highest BCUT2D eigenvalue weighted by molar-refractivity contribution is 14.1. The van der Waals surface area contributed by atoms with Crippen molar-refractivity contribution >= 4 is 51.5 Å². The van der Waals surface area contributed by atoms with E-state index >= 15 is 0 Å². The Labute approximate surface area is 174 Å². The van der Waals surface area contributed by atoms with Crippen molar-refractivity contribution in [1.82, 2.24) is 5.48 Å². The average molecular weight is 511 g/mol. The van der Waals surface area contributed by atoms with Gasteiger partial charge in [-0.1, -0.05) is 18.5 Å². The summed E-state index contributed by atoms with van der Waals surface area (Å²) >= 11 is 7.74. The van der Waals surface area contributed by atoms with E-state index in [1.807, 2.05) is 29.5 Å². The molecule has 0 spiro atoms. The number of anilines is 2. The van der Waals surface area contributed by atoms with Gasteiger partial charge < -0.3 is 10.4 Å². The molecule has 9 heteroatoms. The molecule has 0 radical (unpaired) electrons. The van der Waals surface area contributed by atoms with Gasteiger partial charge in [0.05, 0.1) is 34.7 Å². The maximum Gasteiger partial charge on any atom is 0.277 e. The van der Waals surface area contributed by atoms with Gasteiger partial charge in [-0.2, -0.15) is 0 Å². The van der Waals surface area contributed by atoms with E-state index in [9.17, 15) is 18.7 Å². The van der Waals surface area contributed by atoms with Gasteiger partial charge in [0.15, 0.2) is 0 Å². The largest absolute Gasteiger partial charge is 0.393 e. The van der Waals surface area contributed by atoms with Gasteiger partial charge in [-0.25, -0.2) is 14.3 Å².